The summed E-state index contributed by atoms with van der Waals surface area (Å²) in [5.74, 6) is 0.722. The van der Waals surface area contributed by atoms with Gasteiger partial charge in [0.2, 0.25) is 0 Å². The van der Waals surface area contributed by atoms with E-state index in [-0.39, 0.29) is 6.61 Å². The number of hydrogen-bond donors (Lipinski definition) is 1. The second-order valence-electron chi connectivity index (χ2n) is 5.24. The molecule has 21 heavy (non-hydrogen) atoms. The van der Waals surface area contributed by atoms with E-state index < -0.39 is 6.10 Å². The zero-order valence-electron chi connectivity index (χ0n) is 11.7. The minimum atomic E-state index is -0.521. The number of para-hydroxylation sites is 1. The molecule has 3 nitrogen and oxygen atoms in total. The molecule has 1 heterocycles. The molecule has 0 fully saturated rings. The number of halogens is 1. The monoisotopic (exact) mass is 303 g/mol. The van der Waals surface area contributed by atoms with Crippen molar-refractivity contribution in [2.75, 3.05) is 24.6 Å². The SMILES string of the molecule is OC(COc1ccc(Cl)cc1)CN1CCc2ccccc21. The largest absolute Gasteiger partial charge is 0.491 e. The van der Waals surface area contributed by atoms with Crippen molar-refractivity contribution in [3.63, 3.8) is 0 Å². The molecule has 1 unspecified atom stereocenters. The van der Waals surface area contributed by atoms with Gasteiger partial charge < -0.3 is 14.7 Å². The van der Waals surface area contributed by atoms with E-state index in [4.69, 9.17) is 16.3 Å². The maximum atomic E-state index is 10.2. The first kappa shape index (κ1) is 14.2. The number of hydrogen-bond acceptors (Lipinski definition) is 3. The first-order valence-corrected chi connectivity index (χ1v) is 7.49. The lowest BCUT2D eigenvalue weighted by Gasteiger charge is -2.23. The molecule has 4 heteroatoms. The normalized spacial score (nSPS) is 14.9. The lowest BCUT2D eigenvalue weighted by atomic mass is 10.2. The molecular weight excluding hydrogens is 286 g/mol. The van der Waals surface area contributed by atoms with Gasteiger partial charge in [-0.15, -0.1) is 0 Å². The summed E-state index contributed by atoms with van der Waals surface area (Å²) in [5.41, 5.74) is 2.58. The van der Waals surface area contributed by atoms with Crippen molar-refractivity contribution in [1.82, 2.24) is 0 Å². The fourth-order valence-electron chi connectivity index (χ4n) is 2.63. The Balaban J connectivity index is 1.53. The average molecular weight is 304 g/mol. The van der Waals surface area contributed by atoms with Gasteiger partial charge in [0.25, 0.3) is 0 Å². The third kappa shape index (κ3) is 3.49. The molecule has 0 radical (unpaired) electrons. The Kier molecular flexibility index (Phi) is 4.32. The number of aliphatic hydroxyl groups excluding tert-OH is 1. The molecule has 1 aliphatic rings. The molecular formula is C17H18ClNO2. The molecule has 0 bridgehead atoms. The smallest absolute Gasteiger partial charge is 0.119 e. The highest BCUT2D eigenvalue weighted by Gasteiger charge is 2.20. The second kappa shape index (κ2) is 6.37. The number of nitrogens with zero attached hydrogens (tertiary/aromatic N) is 1. The van der Waals surface area contributed by atoms with Crippen LogP contribution in [0.5, 0.6) is 5.75 Å². The zero-order valence-corrected chi connectivity index (χ0v) is 12.5. The highest BCUT2D eigenvalue weighted by molar-refractivity contribution is 6.30. The molecule has 0 amide bonds. The van der Waals surface area contributed by atoms with Gasteiger partial charge in [-0.05, 0) is 42.3 Å². The van der Waals surface area contributed by atoms with Gasteiger partial charge in [-0.25, -0.2) is 0 Å². The van der Waals surface area contributed by atoms with Gasteiger partial charge in [-0.1, -0.05) is 29.8 Å². The van der Waals surface area contributed by atoms with Gasteiger partial charge in [0.05, 0.1) is 0 Å². The van der Waals surface area contributed by atoms with Crippen LogP contribution in [0.15, 0.2) is 48.5 Å². The van der Waals surface area contributed by atoms with Crippen molar-refractivity contribution in [2.45, 2.75) is 12.5 Å². The number of anilines is 1. The molecule has 110 valence electrons. The molecule has 3 rings (SSSR count). The maximum absolute atomic E-state index is 10.2. The standard InChI is InChI=1S/C17H18ClNO2/c18-14-5-7-16(8-6-14)21-12-15(20)11-19-10-9-13-3-1-2-4-17(13)19/h1-8,15,20H,9-12H2. The quantitative estimate of drug-likeness (QED) is 0.921. The Labute approximate surface area is 129 Å². The van der Waals surface area contributed by atoms with Gasteiger partial charge in [-0.2, -0.15) is 0 Å². The third-order valence-corrected chi connectivity index (χ3v) is 3.92. The number of aliphatic hydroxyl groups is 1. The van der Waals surface area contributed by atoms with Gasteiger partial charge in [0, 0.05) is 23.8 Å². The van der Waals surface area contributed by atoms with Crippen LogP contribution in [0.4, 0.5) is 5.69 Å². The van der Waals surface area contributed by atoms with Crippen molar-refractivity contribution in [2.24, 2.45) is 0 Å². The summed E-state index contributed by atoms with van der Waals surface area (Å²) in [6, 6.07) is 15.5. The van der Waals surface area contributed by atoms with E-state index in [9.17, 15) is 5.11 Å². The molecule has 1 aliphatic heterocycles. The molecule has 0 saturated carbocycles. The molecule has 1 atom stereocenters. The van der Waals surface area contributed by atoms with Crippen molar-refractivity contribution < 1.29 is 9.84 Å². The second-order valence-corrected chi connectivity index (χ2v) is 5.68. The minimum Gasteiger partial charge on any atom is -0.491 e. The lowest BCUT2D eigenvalue weighted by Crippen LogP contribution is -2.34. The number of benzene rings is 2. The summed E-state index contributed by atoms with van der Waals surface area (Å²) >= 11 is 5.82. The van der Waals surface area contributed by atoms with Crippen LogP contribution in [0.25, 0.3) is 0 Å². The van der Waals surface area contributed by atoms with Crippen LogP contribution in [0, 0.1) is 0 Å². The van der Waals surface area contributed by atoms with E-state index in [1.165, 1.54) is 11.3 Å². The fourth-order valence-corrected chi connectivity index (χ4v) is 2.75. The van der Waals surface area contributed by atoms with Crippen LogP contribution in [0.3, 0.4) is 0 Å². The van der Waals surface area contributed by atoms with E-state index in [0.29, 0.717) is 11.6 Å². The van der Waals surface area contributed by atoms with E-state index in [0.717, 1.165) is 18.7 Å². The van der Waals surface area contributed by atoms with Crippen LogP contribution < -0.4 is 9.64 Å². The van der Waals surface area contributed by atoms with Crippen LogP contribution >= 0.6 is 11.6 Å². The first-order valence-electron chi connectivity index (χ1n) is 7.11. The fraction of sp³-hybridized carbons (Fsp3) is 0.294. The predicted octanol–water partition coefficient (Wildman–Crippen LogP) is 3.14. The van der Waals surface area contributed by atoms with Gasteiger partial charge in [0.15, 0.2) is 0 Å². The molecule has 1 N–H and O–H groups in total. The van der Waals surface area contributed by atoms with Crippen LogP contribution in [-0.2, 0) is 6.42 Å². The number of ether oxygens (including phenoxy) is 1. The number of fused-ring (bicyclic) bond motifs is 1. The Morgan fingerprint density at radius 1 is 1.14 bits per heavy atom. The molecule has 0 aromatic heterocycles. The Morgan fingerprint density at radius 3 is 2.71 bits per heavy atom. The van der Waals surface area contributed by atoms with Crippen molar-refractivity contribution in [3.05, 3.63) is 59.1 Å². The van der Waals surface area contributed by atoms with Crippen molar-refractivity contribution >= 4 is 17.3 Å². The van der Waals surface area contributed by atoms with Gasteiger partial charge in [-0.3, -0.25) is 0 Å². The summed E-state index contributed by atoms with van der Waals surface area (Å²) in [5, 5.41) is 10.8. The Bertz CT molecular complexity index is 600. The van der Waals surface area contributed by atoms with Gasteiger partial charge in [0.1, 0.15) is 18.5 Å². The van der Waals surface area contributed by atoms with Gasteiger partial charge >= 0.3 is 0 Å². The van der Waals surface area contributed by atoms with Crippen molar-refractivity contribution in [1.29, 1.82) is 0 Å². The zero-order chi connectivity index (χ0) is 14.7. The van der Waals surface area contributed by atoms with E-state index in [1.54, 1.807) is 24.3 Å². The van der Waals surface area contributed by atoms with Crippen LogP contribution in [0.1, 0.15) is 5.56 Å². The molecule has 0 aliphatic carbocycles. The molecule has 2 aromatic rings. The maximum Gasteiger partial charge on any atom is 0.119 e. The van der Waals surface area contributed by atoms with Crippen molar-refractivity contribution in [3.8, 4) is 5.75 Å². The topological polar surface area (TPSA) is 32.7 Å². The number of rotatable bonds is 5. The highest BCUT2D eigenvalue weighted by Crippen LogP contribution is 2.27. The summed E-state index contributed by atoms with van der Waals surface area (Å²) in [6.45, 7) is 1.82. The predicted molar refractivity (Wildman–Crippen MR) is 85.3 cm³/mol. The Hall–Kier alpha value is -1.71. The van der Waals surface area contributed by atoms with Crippen LogP contribution in [-0.4, -0.2) is 30.9 Å². The Morgan fingerprint density at radius 2 is 1.90 bits per heavy atom. The molecule has 0 spiro atoms. The molecule has 0 saturated heterocycles. The van der Waals surface area contributed by atoms with E-state index in [1.807, 2.05) is 6.07 Å². The highest BCUT2D eigenvalue weighted by atomic mass is 35.5. The first-order chi connectivity index (χ1) is 10.2. The van der Waals surface area contributed by atoms with E-state index in [2.05, 4.69) is 23.1 Å². The summed E-state index contributed by atoms with van der Waals surface area (Å²) in [4.78, 5) is 2.21. The average Bonchev–Trinajstić information content (AvgIpc) is 2.90. The van der Waals surface area contributed by atoms with Crippen LogP contribution in [0.2, 0.25) is 5.02 Å². The summed E-state index contributed by atoms with van der Waals surface area (Å²) in [6.07, 6.45) is 0.521. The van der Waals surface area contributed by atoms with E-state index >= 15 is 0 Å². The third-order valence-electron chi connectivity index (χ3n) is 3.67. The number of β-amino-alcohol motifs (C(OH)–C–C–N with tert-alkyl or cyclic N) is 1. The lowest BCUT2D eigenvalue weighted by molar-refractivity contribution is 0.112. The summed E-state index contributed by atoms with van der Waals surface area (Å²) in [7, 11) is 0. The summed E-state index contributed by atoms with van der Waals surface area (Å²) < 4.78 is 5.59. The minimum absolute atomic E-state index is 0.278. The molecule has 2 aromatic carbocycles.